The van der Waals surface area contributed by atoms with Gasteiger partial charge in [0.2, 0.25) is 5.91 Å². The fourth-order valence-corrected chi connectivity index (χ4v) is 2.69. The molecule has 29 heavy (non-hydrogen) atoms. The predicted octanol–water partition coefficient (Wildman–Crippen LogP) is 4.23. The van der Waals surface area contributed by atoms with E-state index in [0.717, 1.165) is 11.1 Å². The zero-order valence-electron chi connectivity index (χ0n) is 16.2. The molecule has 3 aromatic rings. The van der Waals surface area contributed by atoms with Gasteiger partial charge in [-0.3, -0.25) is 14.3 Å². The summed E-state index contributed by atoms with van der Waals surface area (Å²) < 4.78 is 29.0. The van der Waals surface area contributed by atoms with Crippen LogP contribution in [0.1, 0.15) is 34.6 Å². The number of halogens is 2. The van der Waals surface area contributed by atoms with Crippen LogP contribution in [0.2, 0.25) is 0 Å². The first-order valence-electron chi connectivity index (χ1n) is 8.94. The number of amides is 2. The Morgan fingerprint density at radius 3 is 2.07 bits per heavy atom. The van der Waals surface area contributed by atoms with Gasteiger partial charge >= 0.3 is 0 Å². The fraction of sp³-hybridized carbons (Fsp3) is 0.190. The SMILES string of the molecule is Cc1ccc(F)c(NC(=O)c2ccn([C@@H](C)C(=O)Nc3cc(C)ccc3F)n2)c1. The normalized spacial score (nSPS) is 11.8. The second-order valence-corrected chi connectivity index (χ2v) is 6.77. The highest BCUT2D eigenvalue weighted by molar-refractivity contribution is 6.03. The van der Waals surface area contributed by atoms with E-state index >= 15 is 0 Å². The van der Waals surface area contributed by atoms with Crippen molar-refractivity contribution < 1.29 is 18.4 Å². The lowest BCUT2D eigenvalue weighted by Gasteiger charge is -2.13. The Hall–Kier alpha value is -3.55. The van der Waals surface area contributed by atoms with Gasteiger partial charge < -0.3 is 10.6 Å². The van der Waals surface area contributed by atoms with Crippen molar-refractivity contribution in [1.82, 2.24) is 9.78 Å². The summed E-state index contributed by atoms with van der Waals surface area (Å²) in [5.41, 5.74) is 1.73. The molecule has 0 aliphatic heterocycles. The summed E-state index contributed by atoms with van der Waals surface area (Å²) in [6, 6.07) is 9.39. The standard InChI is InChI=1S/C21H20F2N4O2/c1-12-4-6-15(22)18(10-12)24-20(28)14(3)27-9-8-17(26-27)21(29)25-19-11-13(2)5-7-16(19)23/h4-11,14H,1-3H3,(H,24,28)(H,25,29)/t14-/m0/s1. The number of nitrogens with zero attached hydrogens (tertiary/aromatic N) is 2. The van der Waals surface area contributed by atoms with Gasteiger partial charge in [-0.2, -0.15) is 5.10 Å². The van der Waals surface area contributed by atoms with Crippen LogP contribution in [-0.2, 0) is 4.79 Å². The Bertz CT molecular complexity index is 1080. The number of benzene rings is 2. The van der Waals surface area contributed by atoms with Gasteiger partial charge in [-0.1, -0.05) is 12.1 Å². The summed E-state index contributed by atoms with van der Waals surface area (Å²) in [5, 5.41) is 9.07. The third-order valence-electron chi connectivity index (χ3n) is 4.37. The number of anilines is 2. The lowest BCUT2D eigenvalue weighted by Crippen LogP contribution is -2.25. The van der Waals surface area contributed by atoms with Crippen molar-refractivity contribution in [1.29, 1.82) is 0 Å². The van der Waals surface area contributed by atoms with E-state index in [1.165, 1.54) is 41.2 Å². The topological polar surface area (TPSA) is 76.0 Å². The second kappa shape index (κ2) is 8.22. The largest absolute Gasteiger partial charge is 0.322 e. The van der Waals surface area contributed by atoms with Crippen molar-refractivity contribution in [2.24, 2.45) is 0 Å². The van der Waals surface area contributed by atoms with E-state index < -0.39 is 29.5 Å². The Balaban J connectivity index is 1.71. The number of hydrogen-bond acceptors (Lipinski definition) is 3. The number of nitrogens with one attached hydrogen (secondary N) is 2. The van der Waals surface area contributed by atoms with Crippen molar-refractivity contribution in [3.05, 3.63) is 77.1 Å². The summed E-state index contributed by atoms with van der Waals surface area (Å²) in [5.74, 6) is -2.20. The Morgan fingerprint density at radius 1 is 0.931 bits per heavy atom. The number of carbonyl (C=O) groups is 2. The molecule has 0 saturated heterocycles. The van der Waals surface area contributed by atoms with Crippen LogP contribution in [-0.4, -0.2) is 21.6 Å². The van der Waals surface area contributed by atoms with E-state index in [1.54, 1.807) is 32.9 Å². The van der Waals surface area contributed by atoms with Crippen LogP contribution in [0.4, 0.5) is 20.2 Å². The van der Waals surface area contributed by atoms with Crippen molar-refractivity contribution >= 4 is 23.2 Å². The zero-order chi connectivity index (χ0) is 21.1. The first kappa shape index (κ1) is 20.2. The molecule has 3 rings (SSSR count). The summed E-state index contributed by atoms with van der Waals surface area (Å²) >= 11 is 0. The van der Waals surface area contributed by atoms with E-state index in [0.29, 0.717) is 0 Å². The lowest BCUT2D eigenvalue weighted by molar-refractivity contribution is -0.119. The number of carbonyl (C=O) groups excluding carboxylic acids is 2. The van der Waals surface area contributed by atoms with Gasteiger partial charge in [0.1, 0.15) is 17.7 Å². The van der Waals surface area contributed by atoms with Crippen LogP contribution in [0.15, 0.2) is 48.7 Å². The molecule has 1 heterocycles. The number of aromatic nitrogens is 2. The minimum atomic E-state index is -0.799. The first-order valence-corrected chi connectivity index (χ1v) is 8.94. The Morgan fingerprint density at radius 2 is 1.48 bits per heavy atom. The van der Waals surface area contributed by atoms with Gasteiger partial charge in [-0.05, 0) is 62.2 Å². The van der Waals surface area contributed by atoms with Crippen molar-refractivity contribution in [3.8, 4) is 0 Å². The van der Waals surface area contributed by atoms with Crippen molar-refractivity contribution in [3.63, 3.8) is 0 Å². The molecule has 2 amide bonds. The molecule has 0 aliphatic rings. The molecular weight excluding hydrogens is 378 g/mol. The average Bonchev–Trinajstić information content (AvgIpc) is 3.17. The van der Waals surface area contributed by atoms with Crippen LogP contribution in [0.5, 0.6) is 0 Å². The van der Waals surface area contributed by atoms with Gasteiger partial charge in [-0.25, -0.2) is 8.78 Å². The predicted molar refractivity (Wildman–Crippen MR) is 106 cm³/mol. The molecule has 2 aromatic carbocycles. The highest BCUT2D eigenvalue weighted by Gasteiger charge is 2.20. The van der Waals surface area contributed by atoms with E-state index in [-0.39, 0.29) is 17.1 Å². The van der Waals surface area contributed by atoms with Crippen LogP contribution < -0.4 is 10.6 Å². The monoisotopic (exact) mass is 398 g/mol. The van der Waals surface area contributed by atoms with E-state index in [9.17, 15) is 18.4 Å². The van der Waals surface area contributed by atoms with Gasteiger partial charge in [0.25, 0.3) is 5.91 Å². The number of aryl methyl sites for hydroxylation is 2. The van der Waals surface area contributed by atoms with Crippen LogP contribution in [0.25, 0.3) is 0 Å². The third-order valence-corrected chi connectivity index (χ3v) is 4.37. The second-order valence-electron chi connectivity index (χ2n) is 6.77. The quantitative estimate of drug-likeness (QED) is 0.675. The summed E-state index contributed by atoms with van der Waals surface area (Å²) in [6.07, 6.45) is 1.46. The molecule has 0 unspecified atom stereocenters. The van der Waals surface area contributed by atoms with Crippen LogP contribution in [0.3, 0.4) is 0 Å². The molecular formula is C21H20F2N4O2. The Labute approximate surface area is 166 Å². The molecule has 0 saturated carbocycles. The molecule has 150 valence electrons. The van der Waals surface area contributed by atoms with Gasteiger partial charge in [0, 0.05) is 6.20 Å². The molecule has 0 aliphatic carbocycles. The maximum Gasteiger partial charge on any atom is 0.276 e. The van der Waals surface area contributed by atoms with Gasteiger partial charge in [-0.15, -0.1) is 0 Å². The van der Waals surface area contributed by atoms with E-state index in [4.69, 9.17) is 0 Å². The van der Waals surface area contributed by atoms with Gasteiger partial charge in [0.15, 0.2) is 5.69 Å². The molecule has 8 heteroatoms. The molecule has 1 aromatic heterocycles. The molecule has 0 radical (unpaired) electrons. The maximum atomic E-state index is 13.9. The molecule has 6 nitrogen and oxygen atoms in total. The molecule has 0 fully saturated rings. The average molecular weight is 398 g/mol. The highest BCUT2D eigenvalue weighted by Crippen LogP contribution is 2.19. The van der Waals surface area contributed by atoms with E-state index in [2.05, 4.69) is 15.7 Å². The number of hydrogen-bond donors (Lipinski definition) is 2. The minimum absolute atomic E-state index is 0.0206. The van der Waals surface area contributed by atoms with E-state index in [1.807, 2.05) is 0 Å². The third kappa shape index (κ3) is 4.66. The highest BCUT2D eigenvalue weighted by atomic mass is 19.1. The van der Waals surface area contributed by atoms with Crippen molar-refractivity contribution in [2.45, 2.75) is 26.8 Å². The first-order chi connectivity index (χ1) is 13.7. The Kier molecular flexibility index (Phi) is 5.72. The zero-order valence-corrected chi connectivity index (χ0v) is 16.2. The number of rotatable bonds is 5. The summed E-state index contributed by atoms with van der Waals surface area (Å²) in [6.45, 7) is 5.13. The summed E-state index contributed by atoms with van der Waals surface area (Å²) in [4.78, 5) is 24.8. The smallest absolute Gasteiger partial charge is 0.276 e. The molecule has 0 spiro atoms. The lowest BCUT2D eigenvalue weighted by atomic mass is 10.2. The molecule has 2 N–H and O–H groups in total. The fourth-order valence-electron chi connectivity index (χ4n) is 2.69. The summed E-state index contributed by atoms with van der Waals surface area (Å²) in [7, 11) is 0. The minimum Gasteiger partial charge on any atom is -0.322 e. The maximum absolute atomic E-state index is 13.9. The van der Waals surface area contributed by atoms with Gasteiger partial charge in [0.05, 0.1) is 11.4 Å². The molecule has 1 atom stereocenters. The molecule has 0 bridgehead atoms. The van der Waals surface area contributed by atoms with Crippen LogP contribution in [0, 0.1) is 25.5 Å². The van der Waals surface area contributed by atoms with Crippen LogP contribution >= 0.6 is 0 Å². The van der Waals surface area contributed by atoms with Crippen molar-refractivity contribution in [2.75, 3.05) is 10.6 Å².